The Morgan fingerprint density at radius 2 is 1.52 bits per heavy atom. The second-order valence-electron chi connectivity index (χ2n) is 5.49. The summed E-state index contributed by atoms with van der Waals surface area (Å²) in [5, 5.41) is 0.880. The molecule has 0 N–H and O–H groups in total. The SMILES string of the molecule is O=C1CC(CBr)CN1C(c1ccccc1)c1ccccc1. The van der Waals surface area contributed by atoms with Gasteiger partial charge in [-0.15, -0.1) is 0 Å². The van der Waals surface area contributed by atoms with Crippen LogP contribution in [0.1, 0.15) is 23.6 Å². The Hall–Kier alpha value is -1.61. The third-order valence-electron chi connectivity index (χ3n) is 4.00. The highest BCUT2D eigenvalue weighted by Crippen LogP contribution is 2.34. The van der Waals surface area contributed by atoms with E-state index in [4.69, 9.17) is 0 Å². The number of halogens is 1. The summed E-state index contributed by atoms with van der Waals surface area (Å²) < 4.78 is 0. The predicted octanol–water partition coefficient (Wildman–Crippen LogP) is 4.02. The summed E-state index contributed by atoms with van der Waals surface area (Å²) in [5.74, 6) is 0.657. The van der Waals surface area contributed by atoms with Crippen molar-refractivity contribution in [2.75, 3.05) is 11.9 Å². The van der Waals surface area contributed by atoms with Crippen LogP contribution >= 0.6 is 15.9 Å². The van der Waals surface area contributed by atoms with Gasteiger partial charge in [0.15, 0.2) is 0 Å². The molecule has 0 aromatic heterocycles. The summed E-state index contributed by atoms with van der Waals surface area (Å²) in [6.07, 6.45) is 0.640. The number of rotatable bonds is 4. The van der Waals surface area contributed by atoms with Gasteiger partial charge in [-0.05, 0) is 17.0 Å². The maximum atomic E-state index is 12.4. The molecule has 0 aliphatic carbocycles. The van der Waals surface area contributed by atoms with Crippen LogP contribution < -0.4 is 0 Å². The van der Waals surface area contributed by atoms with E-state index in [1.54, 1.807) is 0 Å². The topological polar surface area (TPSA) is 20.3 Å². The molecular weight excluding hydrogens is 326 g/mol. The van der Waals surface area contributed by atoms with Crippen molar-refractivity contribution in [2.45, 2.75) is 12.5 Å². The quantitative estimate of drug-likeness (QED) is 0.767. The summed E-state index contributed by atoms with van der Waals surface area (Å²) in [4.78, 5) is 14.5. The van der Waals surface area contributed by atoms with Gasteiger partial charge >= 0.3 is 0 Å². The highest BCUT2D eigenvalue weighted by atomic mass is 79.9. The van der Waals surface area contributed by atoms with Crippen LogP contribution in [0.15, 0.2) is 60.7 Å². The van der Waals surface area contributed by atoms with Gasteiger partial charge in [-0.25, -0.2) is 0 Å². The van der Waals surface area contributed by atoms with Crippen LogP contribution in [0.2, 0.25) is 0 Å². The van der Waals surface area contributed by atoms with E-state index in [9.17, 15) is 4.79 Å². The molecule has 108 valence electrons. The van der Waals surface area contributed by atoms with E-state index in [0.29, 0.717) is 12.3 Å². The van der Waals surface area contributed by atoms with Crippen molar-refractivity contribution in [1.29, 1.82) is 0 Å². The Kier molecular flexibility index (Phi) is 4.39. The average Bonchev–Trinajstić information content (AvgIpc) is 2.91. The van der Waals surface area contributed by atoms with Crippen molar-refractivity contribution in [2.24, 2.45) is 5.92 Å². The summed E-state index contributed by atoms with van der Waals surface area (Å²) in [5.41, 5.74) is 2.35. The number of benzene rings is 2. The Bertz CT molecular complexity index is 560. The Morgan fingerprint density at radius 1 is 1.00 bits per heavy atom. The van der Waals surface area contributed by atoms with Gasteiger partial charge in [0.2, 0.25) is 5.91 Å². The number of carbonyl (C=O) groups is 1. The third kappa shape index (κ3) is 3.03. The Morgan fingerprint density at radius 3 is 1.95 bits per heavy atom. The molecule has 1 fully saturated rings. The minimum atomic E-state index is 0.0175. The van der Waals surface area contributed by atoms with Crippen LogP contribution in [0.3, 0.4) is 0 Å². The van der Waals surface area contributed by atoms with Crippen LogP contribution in [-0.4, -0.2) is 22.7 Å². The van der Waals surface area contributed by atoms with Crippen molar-refractivity contribution in [3.63, 3.8) is 0 Å². The lowest BCUT2D eigenvalue weighted by atomic mass is 9.97. The van der Waals surface area contributed by atoms with Gasteiger partial charge in [0, 0.05) is 18.3 Å². The number of likely N-dealkylation sites (tertiary alicyclic amines) is 1. The normalized spacial score (nSPS) is 18.5. The maximum absolute atomic E-state index is 12.4. The average molecular weight is 344 g/mol. The van der Waals surface area contributed by atoms with Crippen molar-refractivity contribution in [1.82, 2.24) is 4.90 Å². The van der Waals surface area contributed by atoms with E-state index in [0.717, 1.165) is 11.9 Å². The van der Waals surface area contributed by atoms with Crippen LogP contribution in [0.25, 0.3) is 0 Å². The van der Waals surface area contributed by atoms with E-state index in [1.165, 1.54) is 11.1 Å². The molecule has 21 heavy (non-hydrogen) atoms. The molecule has 0 radical (unpaired) electrons. The molecule has 0 bridgehead atoms. The number of carbonyl (C=O) groups excluding carboxylic acids is 1. The number of alkyl halides is 1. The lowest BCUT2D eigenvalue weighted by molar-refractivity contribution is -0.129. The minimum absolute atomic E-state index is 0.0175. The summed E-state index contributed by atoms with van der Waals surface area (Å²) in [6.45, 7) is 0.818. The van der Waals surface area contributed by atoms with Gasteiger partial charge in [0.25, 0.3) is 0 Å². The van der Waals surface area contributed by atoms with Crippen LogP contribution in [0.5, 0.6) is 0 Å². The minimum Gasteiger partial charge on any atom is -0.331 e. The highest BCUT2D eigenvalue weighted by Gasteiger charge is 2.35. The second-order valence-corrected chi connectivity index (χ2v) is 6.14. The largest absolute Gasteiger partial charge is 0.331 e. The zero-order chi connectivity index (χ0) is 14.7. The maximum Gasteiger partial charge on any atom is 0.223 e. The molecule has 1 aliphatic heterocycles. The lowest BCUT2D eigenvalue weighted by Crippen LogP contribution is -2.31. The molecule has 0 saturated carbocycles. The number of hydrogen-bond acceptors (Lipinski definition) is 1. The molecule has 0 spiro atoms. The fourth-order valence-electron chi connectivity index (χ4n) is 2.98. The Balaban J connectivity index is 1.99. The molecule has 1 aliphatic rings. The molecule has 2 nitrogen and oxygen atoms in total. The highest BCUT2D eigenvalue weighted by molar-refractivity contribution is 9.09. The van der Waals surface area contributed by atoms with Crippen molar-refractivity contribution >= 4 is 21.8 Å². The Labute approximate surface area is 133 Å². The number of amides is 1. The van der Waals surface area contributed by atoms with Gasteiger partial charge in [-0.3, -0.25) is 4.79 Å². The van der Waals surface area contributed by atoms with Gasteiger partial charge in [0.05, 0.1) is 6.04 Å². The molecule has 3 rings (SSSR count). The molecule has 1 saturated heterocycles. The summed E-state index contributed by atoms with van der Waals surface area (Å²) in [6, 6.07) is 20.6. The van der Waals surface area contributed by atoms with E-state index in [-0.39, 0.29) is 11.9 Å². The second kappa shape index (κ2) is 6.44. The number of nitrogens with zero attached hydrogens (tertiary/aromatic N) is 1. The van der Waals surface area contributed by atoms with Gasteiger partial charge in [0.1, 0.15) is 0 Å². The van der Waals surface area contributed by atoms with Gasteiger partial charge < -0.3 is 4.90 Å². The van der Waals surface area contributed by atoms with Crippen LogP contribution in [0.4, 0.5) is 0 Å². The third-order valence-corrected chi connectivity index (χ3v) is 4.91. The fourth-order valence-corrected chi connectivity index (χ4v) is 3.42. The number of hydrogen-bond donors (Lipinski definition) is 0. The first-order valence-electron chi connectivity index (χ1n) is 7.25. The summed E-state index contributed by atoms with van der Waals surface area (Å²) >= 11 is 3.51. The molecule has 1 unspecified atom stereocenters. The van der Waals surface area contributed by atoms with E-state index >= 15 is 0 Å². The van der Waals surface area contributed by atoms with E-state index < -0.39 is 0 Å². The standard InChI is InChI=1S/C18H18BrNO/c19-12-14-11-17(21)20(13-14)18(15-7-3-1-4-8-15)16-9-5-2-6-10-16/h1-10,14,18H,11-13H2. The van der Waals surface area contributed by atoms with E-state index in [2.05, 4.69) is 40.2 Å². The molecule has 1 amide bonds. The summed E-state index contributed by atoms with van der Waals surface area (Å²) in [7, 11) is 0. The monoisotopic (exact) mass is 343 g/mol. The zero-order valence-electron chi connectivity index (χ0n) is 11.8. The van der Waals surface area contributed by atoms with Crippen molar-refractivity contribution in [3.8, 4) is 0 Å². The smallest absolute Gasteiger partial charge is 0.223 e. The van der Waals surface area contributed by atoms with Gasteiger partial charge in [-0.2, -0.15) is 0 Å². The molecule has 1 atom stereocenters. The van der Waals surface area contributed by atoms with Gasteiger partial charge in [-0.1, -0.05) is 76.6 Å². The van der Waals surface area contributed by atoms with Crippen LogP contribution in [-0.2, 0) is 4.79 Å². The van der Waals surface area contributed by atoms with Crippen LogP contribution in [0, 0.1) is 5.92 Å². The van der Waals surface area contributed by atoms with Crippen molar-refractivity contribution in [3.05, 3.63) is 71.8 Å². The first-order valence-corrected chi connectivity index (χ1v) is 8.37. The first-order chi connectivity index (χ1) is 10.3. The van der Waals surface area contributed by atoms with E-state index in [1.807, 2.05) is 41.3 Å². The molecule has 3 heteroatoms. The predicted molar refractivity (Wildman–Crippen MR) is 88.3 cm³/mol. The molecule has 2 aromatic carbocycles. The van der Waals surface area contributed by atoms with Crippen molar-refractivity contribution < 1.29 is 4.79 Å². The fraction of sp³-hybridized carbons (Fsp3) is 0.278. The lowest BCUT2D eigenvalue weighted by Gasteiger charge is -2.29. The molecular formula is C18H18BrNO. The zero-order valence-corrected chi connectivity index (χ0v) is 13.4. The first kappa shape index (κ1) is 14.3. The molecule has 2 aromatic rings. The molecule has 1 heterocycles.